The first-order valence-electron chi connectivity index (χ1n) is 8.25. The van der Waals surface area contributed by atoms with Crippen LogP contribution in [0, 0.1) is 0 Å². The van der Waals surface area contributed by atoms with Gasteiger partial charge < -0.3 is 25.3 Å². The second-order valence-corrected chi connectivity index (χ2v) is 5.20. The van der Waals surface area contributed by atoms with E-state index in [-0.39, 0.29) is 0 Å². The van der Waals surface area contributed by atoms with E-state index >= 15 is 0 Å². The fraction of sp³-hybridized carbons (Fsp3) is 0.316. The molecule has 134 valence electrons. The van der Waals surface area contributed by atoms with E-state index in [9.17, 15) is 0 Å². The van der Waals surface area contributed by atoms with Crippen LogP contribution < -0.4 is 25.3 Å². The Morgan fingerprint density at radius 2 is 1.68 bits per heavy atom. The average Bonchev–Trinajstić information content (AvgIpc) is 2.63. The average molecular weight is 343 g/mol. The summed E-state index contributed by atoms with van der Waals surface area (Å²) in [6.07, 6.45) is 0. The van der Waals surface area contributed by atoms with E-state index in [1.165, 1.54) is 0 Å². The van der Waals surface area contributed by atoms with E-state index in [1.807, 2.05) is 56.3 Å². The van der Waals surface area contributed by atoms with Crippen LogP contribution >= 0.6 is 0 Å². The molecular weight excluding hydrogens is 318 g/mol. The number of nitrogens with two attached hydrogens (primary N) is 1. The van der Waals surface area contributed by atoms with Crippen LogP contribution in [0.3, 0.4) is 0 Å². The standard InChI is InChI=1S/C19H25N3O3/c1-4-24-16-10-11-18(25-5-2)17(12-16)22-19(20)21-13-14-6-8-15(23-3)9-7-14/h6-12H,4-5,13H2,1-3H3,(H3,20,21,22). The lowest BCUT2D eigenvalue weighted by molar-refractivity contribution is 0.332. The fourth-order valence-corrected chi connectivity index (χ4v) is 2.23. The first-order valence-corrected chi connectivity index (χ1v) is 8.25. The molecule has 2 rings (SSSR count). The molecule has 0 radical (unpaired) electrons. The molecule has 0 bridgehead atoms. The molecule has 2 aromatic rings. The summed E-state index contributed by atoms with van der Waals surface area (Å²) >= 11 is 0. The van der Waals surface area contributed by atoms with Crippen LogP contribution in [0.2, 0.25) is 0 Å². The first kappa shape index (κ1) is 18.4. The van der Waals surface area contributed by atoms with Crippen molar-refractivity contribution in [3.05, 3.63) is 48.0 Å². The number of nitrogens with zero attached hydrogens (tertiary/aromatic N) is 1. The Labute approximate surface area is 148 Å². The summed E-state index contributed by atoms with van der Waals surface area (Å²) in [7, 11) is 1.64. The number of hydrogen-bond donors (Lipinski definition) is 2. The Hall–Kier alpha value is -2.89. The molecule has 0 aliphatic carbocycles. The Balaban J connectivity index is 2.08. The van der Waals surface area contributed by atoms with Gasteiger partial charge in [-0.25, -0.2) is 4.99 Å². The number of nitrogens with one attached hydrogen (secondary N) is 1. The van der Waals surface area contributed by atoms with Gasteiger partial charge in [0.1, 0.15) is 17.2 Å². The van der Waals surface area contributed by atoms with Crippen molar-refractivity contribution in [2.24, 2.45) is 10.7 Å². The molecule has 25 heavy (non-hydrogen) atoms. The summed E-state index contributed by atoms with van der Waals surface area (Å²) in [5, 5.41) is 3.08. The molecule has 0 spiro atoms. The maximum absolute atomic E-state index is 6.02. The summed E-state index contributed by atoms with van der Waals surface area (Å²) < 4.78 is 16.3. The van der Waals surface area contributed by atoms with Gasteiger partial charge in [0.05, 0.1) is 32.6 Å². The van der Waals surface area contributed by atoms with Gasteiger partial charge in [0, 0.05) is 6.07 Å². The molecule has 0 aromatic heterocycles. The van der Waals surface area contributed by atoms with Crippen LogP contribution in [0.25, 0.3) is 0 Å². The topological polar surface area (TPSA) is 78.1 Å². The second-order valence-electron chi connectivity index (χ2n) is 5.20. The van der Waals surface area contributed by atoms with Crippen molar-refractivity contribution >= 4 is 11.6 Å². The molecule has 6 heteroatoms. The number of hydrogen-bond acceptors (Lipinski definition) is 4. The van der Waals surface area contributed by atoms with Crippen LogP contribution in [0.4, 0.5) is 5.69 Å². The molecule has 0 saturated carbocycles. The van der Waals surface area contributed by atoms with E-state index in [4.69, 9.17) is 19.9 Å². The zero-order chi connectivity index (χ0) is 18.1. The molecule has 0 atom stereocenters. The molecule has 3 N–H and O–H groups in total. The van der Waals surface area contributed by atoms with Crippen LogP contribution in [0.1, 0.15) is 19.4 Å². The van der Waals surface area contributed by atoms with Gasteiger partial charge in [-0.05, 0) is 43.7 Å². The Morgan fingerprint density at radius 3 is 2.32 bits per heavy atom. The van der Waals surface area contributed by atoms with Gasteiger partial charge in [-0.1, -0.05) is 12.1 Å². The van der Waals surface area contributed by atoms with Crippen molar-refractivity contribution in [3.8, 4) is 17.2 Å². The minimum atomic E-state index is 0.311. The van der Waals surface area contributed by atoms with Crippen molar-refractivity contribution in [1.82, 2.24) is 0 Å². The van der Waals surface area contributed by atoms with E-state index in [0.29, 0.717) is 31.5 Å². The molecular formula is C19H25N3O3. The predicted octanol–water partition coefficient (Wildman–Crippen LogP) is 3.42. The number of benzene rings is 2. The first-order chi connectivity index (χ1) is 12.2. The minimum Gasteiger partial charge on any atom is -0.497 e. The fourth-order valence-electron chi connectivity index (χ4n) is 2.23. The molecule has 0 unspecified atom stereocenters. The smallest absolute Gasteiger partial charge is 0.193 e. The van der Waals surface area contributed by atoms with Gasteiger partial charge >= 0.3 is 0 Å². The third-order valence-electron chi connectivity index (χ3n) is 3.42. The lowest BCUT2D eigenvalue weighted by Gasteiger charge is -2.14. The van der Waals surface area contributed by atoms with E-state index in [1.54, 1.807) is 7.11 Å². The molecule has 0 amide bonds. The van der Waals surface area contributed by atoms with E-state index in [0.717, 1.165) is 22.7 Å². The highest BCUT2D eigenvalue weighted by Gasteiger charge is 2.07. The van der Waals surface area contributed by atoms with Crippen molar-refractivity contribution in [2.45, 2.75) is 20.4 Å². The number of methoxy groups -OCH3 is 1. The van der Waals surface area contributed by atoms with Gasteiger partial charge in [-0.2, -0.15) is 0 Å². The van der Waals surface area contributed by atoms with Crippen molar-refractivity contribution < 1.29 is 14.2 Å². The maximum atomic E-state index is 6.02. The summed E-state index contributed by atoms with van der Waals surface area (Å²) in [6, 6.07) is 13.3. The maximum Gasteiger partial charge on any atom is 0.193 e. The quantitative estimate of drug-likeness (QED) is 0.567. The molecule has 0 aliphatic rings. The molecule has 0 fully saturated rings. The number of anilines is 1. The predicted molar refractivity (Wildman–Crippen MR) is 101 cm³/mol. The molecule has 0 saturated heterocycles. The molecule has 0 heterocycles. The van der Waals surface area contributed by atoms with Gasteiger partial charge in [0.15, 0.2) is 5.96 Å². The van der Waals surface area contributed by atoms with Gasteiger partial charge in [-0.15, -0.1) is 0 Å². The highest BCUT2D eigenvalue weighted by atomic mass is 16.5. The summed E-state index contributed by atoms with van der Waals surface area (Å²) in [5.74, 6) is 2.57. The van der Waals surface area contributed by atoms with Crippen LogP contribution in [0.15, 0.2) is 47.5 Å². The summed E-state index contributed by atoms with van der Waals surface area (Å²) in [4.78, 5) is 4.37. The van der Waals surface area contributed by atoms with Crippen LogP contribution in [0.5, 0.6) is 17.2 Å². The van der Waals surface area contributed by atoms with Gasteiger partial charge in [0.25, 0.3) is 0 Å². The van der Waals surface area contributed by atoms with Crippen molar-refractivity contribution in [3.63, 3.8) is 0 Å². The molecule has 0 aliphatic heterocycles. The zero-order valence-electron chi connectivity index (χ0n) is 14.9. The molecule has 2 aromatic carbocycles. The highest BCUT2D eigenvalue weighted by molar-refractivity contribution is 5.94. The lowest BCUT2D eigenvalue weighted by Crippen LogP contribution is -2.23. The number of aliphatic imine (C=N–C) groups is 1. The largest absolute Gasteiger partial charge is 0.497 e. The normalized spacial score (nSPS) is 11.1. The summed E-state index contributed by atoms with van der Waals surface area (Å²) in [5.41, 5.74) is 7.78. The number of guanidine groups is 1. The molecule has 6 nitrogen and oxygen atoms in total. The Bertz CT molecular complexity index is 700. The summed E-state index contributed by atoms with van der Waals surface area (Å²) in [6.45, 7) is 5.49. The third-order valence-corrected chi connectivity index (χ3v) is 3.42. The number of ether oxygens (including phenoxy) is 3. The monoisotopic (exact) mass is 343 g/mol. The highest BCUT2D eigenvalue weighted by Crippen LogP contribution is 2.29. The van der Waals surface area contributed by atoms with Crippen molar-refractivity contribution in [2.75, 3.05) is 25.6 Å². The van der Waals surface area contributed by atoms with E-state index in [2.05, 4.69) is 10.3 Å². The lowest BCUT2D eigenvalue weighted by atomic mass is 10.2. The van der Waals surface area contributed by atoms with Gasteiger partial charge in [0.2, 0.25) is 0 Å². The minimum absolute atomic E-state index is 0.311. The SMILES string of the molecule is CCOc1ccc(OCC)c(NC(N)=NCc2ccc(OC)cc2)c1. The van der Waals surface area contributed by atoms with Crippen LogP contribution in [-0.4, -0.2) is 26.3 Å². The van der Waals surface area contributed by atoms with Crippen molar-refractivity contribution in [1.29, 1.82) is 0 Å². The zero-order valence-corrected chi connectivity index (χ0v) is 14.9. The van der Waals surface area contributed by atoms with E-state index < -0.39 is 0 Å². The van der Waals surface area contributed by atoms with Crippen LogP contribution in [-0.2, 0) is 6.54 Å². The number of rotatable bonds is 8. The second kappa shape index (κ2) is 9.42. The Morgan fingerprint density at radius 1 is 1.00 bits per heavy atom. The third kappa shape index (κ3) is 5.60. The Kier molecular flexibility index (Phi) is 6.95. The van der Waals surface area contributed by atoms with Gasteiger partial charge in [-0.3, -0.25) is 0 Å².